The topological polar surface area (TPSA) is 8.17 Å². The molecule has 0 fully saturated rings. The van der Waals surface area contributed by atoms with Gasteiger partial charge in [-0.2, -0.15) is 0 Å². The van der Waals surface area contributed by atoms with E-state index in [1.165, 1.54) is 83.1 Å². The maximum Gasteiger partial charge on any atom is 0.0713 e. The predicted molar refractivity (Wildman–Crippen MR) is 289 cm³/mol. The Morgan fingerprint density at radius 1 is 0.275 bits per heavy atom. The van der Waals surface area contributed by atoms with Crippen molar-refractivity contribution in [1.82, 2.24) is 4.57 Å². The summed E-state index contributed by atoms with van der Waals surface area (Å²) in [6.45, 7) is 0. The van der Waals surface area contributed by atoms with Crippen molar-refractivity contribution in [3.8, 4) is 50.2 Å². The zero-order chi connectivity index (χ0) is 45.7. The first-order chi connectivity index (χ1) is 34.2. The van der Waals surface area contributed by atoms with Gasteiger partial charge in [-0.1, -0.05) is 218 Å². The Bertz CT molecular complexity index is 3650. The zero-order valence-electron chi connectivity index (χ0n) is 38.0. The summed E-state index contributed by atoms with van der Waals surface area (Å²) in [5.41, 5.74) is 21.2. The van der Waals surface area contributed by atoms with Crippen molar-refractivity contribution in [1.29, 1.82) is 0 Å². The number of nitrogens with zero attached hydrogens (tertiary/aromatic N) is 2. The molecule has 0 saturated carbocycles. The van der Waals surface area contributed by atoms with Gasteiger partial charge in [0.25, 0.3) is 0 Å². The molecule has 0 radical (unpaired) electrons. The molecular formula is C67H46N2. The van der Waals surface area contributed by atoms with E-state index in [1.54, 1.807) is 0 Å². The number of fused-ring (bicyclic) bond motifs is 6. The lowest BCUT2D eigenvalue weighted by Gasteiger charge is -2.34. The highest BCUT2D eigenvalue weighted by Gasteiger charge is 2.45. The normalized spacial score (nSPS) is 12.5. The summed E-state index contributed by atoms with van der Waals surface area (Å²) in [5.74, 6) is 0. The summed E-state index contributed by atoms with van der Waals surface area (Å²) in [7, 11) is 0. The molecule has 69 heavy (non-hydrogen) atoms. The quantitative estimate of drug-likeness (QED) is 0.140. The number of anilines is 3. The summed E-state index contributed by atoms with van der Waals surface area (Å²) >= 11 is 0. The van der Waals surface area contributed by atoms with Crippen molar-refractivity contribution in [2.24, 2.45) is 0 Å². The number of hydrogen-bond acceptors (Lipinski definition) is 1. The first-order valence-corrected chi connectivity index (χ1v) is 23.8. The molecule has 12 aromatic rings. The van der Waals surface area contributed by atoms with Gasteiger partial charge in [-0.25, -0.2) is 0 Å². The van der Waals surface area contributed by atoms with Gasteiger partial charge in [-0.05, 0) is 127 Å². The van der Waals surface area contributed by atoms with E-state index >= 15 is 0 Å². The van der Waals surface area contributed by atoms with Crippen LogP contribution in [0.3, 0.4) is 0 Å². The van der Waals surface area contributed by atoms with Crippen molar-refractivity contribution < 1.29 is 0 Å². The van der Waals surface area contributed by atoms with E-state index in [9.17, 15) is 0 Å². The molecule has 0 bridgehead atoms. The third-order valence-electron chi connectivity index (χ3n) is 14.3. The van der Waals surface area contributed by atoms with E-state index < -0.39 is 5.41 Å². The first-order valence-electron chi connectivity index (χ1n) is 23.8. The minimum atomic E-state index is -0.434. The summed E-state index contributed by atoms with van der Waals surface area (Å²) < 4.78 is 2.43. The fraction of sp³-hybridized carbons (Fsp3) is 0.0149. The Labute approximate surface area is 403 Å². The summed E-state index contributed by atoms with van der Waals surface area (Å²) in [5, 5.41) is 2.40. The average molecular weight is 879 g/mol. The van der Waals surface area contributed by atoms with Crippen LogP contribution in [0, 0.1) is 0 Å². The lowest BCUT2D eigenvalue weighted by Crippen LogP contribution is -2.28. The second-order valence-corrected chi connectivity index (χ2v) is 18.1. The first kappa shape index (κ1) is 40.3. The van der Waals surface area contributed by atoms with E-state index in [2.05, 4.69) is 289 Å². The van der Waals surface area contributed by atoms with Gasteiger partial charge in [0.1, 0.15) is 0 Å². The van der Waals surface area contributed by atoms with Crippen LogP contribution in [0.15, 0.2) is 279 Å². The highest BCUT2D eigenvalue weighted by molar-refractivity contribution is 6.11. The van der Waals surface area contributed by atoms with Crippen molar-refractivity contribution in [2.75, 3.05) is 4.90 Å². The lowest BCUT2D eigenvalue weighted by molar-refractivity contribution is 0.768. The minimum Gasteiger partial charge on any atom is -0.310 e. The molecule has 0 unspecified atom stereocenters. The largest absolute Gasteiger partial charge is 0.310 e. The third kappa shape index (κ3) is 6.72. The molecule has 0 N–H and O–H groups in total. The van der Waals surface area contributed by atoms with Gasteiger partial charge in [0.05, 0.1) is 16.4 Å². The minimum absolute atomic E-state index is 0.434. The van der Waals surface area contributed by atoms with Crippen LogP contribution in [0.25, 0.3) is 72.0 Å². The molecule has 1 aliphatic carbocycles. The molecule has 1 aliphatic rings. The number of aromatic nitrogens is 1. The SMILES string of the molecule is c1ccc(-c2ccc(N(c3ccc(-c4ccccc4)cc3)c3ccc4c(c3)c3ccc(-c5ccc(C6(c7ccccc7)c7ccccc7-c7ccccc76)cc5)cc3n4-c3ccccc3)cc2)cc1. The fourth-order valence-electron chi connectivity index (χ4n) is 11.1. The second-order valence-electron chi connectivity index (χ2n) is 18.1. The molecule has 0 aliphatic heterocycles. The van der Waals surface area contributed by atoms with Crippen LogP contribution in [0.5, 0.6) is 0 Å². The van der Waals surface area contributed by atoms with Gasteiger partial charge in [-0.15, -0.1) is 0 Å². The van der Waals surface area contributed by atoms with Gasteiger partial charge in [0.2, 0.25) is 0 Å². The van der Waals surface area contributed by atoms with Crippen molar-refractivity contribution >= 4 is 38.9 Å². The smallest absolute Gasteiger partial charge is 0.0713 e. The monoisotopic (exact) mass is 878 g/mol. The van der Waals surface area contributed by atoms with E-state index in [1.807, 2.05) is 0 Å². The lowest BCUT2D eigenvalue weighted by atomic mass is 9.67. The van der Waals surface area contributed by atoms with Gasteiger partial charge < -0.3 is 9.47 Å². The van der Waals surface area contributed by atoms with Crippen LogP contribution >= 0.6 is 0 Å². The molecule has 324 valence electrons. The van der Waals surface area contributed by atoms with Crippen LogP contribution < -0.4 is 4.90 Å². The molecule has 0 spiro atoms. The molecule has 13 rings (SSSR count). The molecule has 2 nitrogen and oxygen atoms in total. The standard InChI is InChI=1S/C67H46N2/c1-5-17-47(18-6-1)49-31-38-56(39-32-49)68(57-40-33-50(34-41-57)48-19-7-2-8-20-48)58-42-44-65-62(46-58)61-43-35-52(45-66(61)69(65)55-23-11-4-12-24-55)51-29-36-54(37-30-51)67(53-21-9-3-10-22-53)63-27-15-13-25-59(63)60-26-14-16-28-64(60)67/h1-46H. The maximum absolute atomic E-state index is 2.43. The van der Waals surface area contributed by atoms with Crippen LogP contribution in [0.2, 0.25) is 0 Å². The molecule has 0 saturated heterocycles. The average Bonchev–Trinajstić information content (AvgIpc) is 3.92. The highest BCUT2D eigenvalue weighted by Crippen LogP contribution is 2.56. The Hall–Kier alpha value is -8.98. The van der Waals surface area contributed by atoms with E-state index in [-0.39, 0.29) is 0 Å². The van der Waals surface area contributed by atoms with Crippen LogP contribution in [0.4, 0.5) is 17.1 Å². The molecule has 2 heteroatoms. The molecular weight excluding hydrogens is 833 g/mol. The van der Waals surface area contributed by atoms with Gasteiger partial charge >= 0.3 is 0 Å². The van der Waals surface area contributed by atoms with E-state index in [4.69, 9.17) is 0 Å². The summed E-state index contributed by atoms with van der Waals surface area (Å²) in [4.78, 5) is 2.38. The van der Waals surface area contributed by atoms with Crippen LogP contribution in [-0.4, -0.2) is 4.57 Å². The maximum atomic E-state index is 2.43. The Morgan fingerprint density at radius 2 is 0.696 bits per heavy atom. The van der Waals surface area contributed by atoms with Crippen LogP contribution in [-0.2, 0) is 5.41 Å². The Kier molecular flexibility index (Phi) is 9.77. The summed E-state index contributed by atoms with van der Waals surface area (Å²) in [6, 6.07) is 102. The summed E-state index contributed by atoms with van der Waals surface area (Å²) in [6.07, 6.45) is 0. The van der Waals surface area contributed by atoms with Crippen molar-refractivity contribution in [2.45, 2.75) is 5.41 Å². The number of hydrogen-bond donors (Lipinski definition) is 0. The van der Waals surface area contributed by atoms with E-state index in [0.29, 0.717) is 0 Å². The third-order valence-corrected chi connectivity index (χ3v) is 14.3. The Balaban J connectivity index is 0.941. The van der Waals surface area contributed by atoms with Crippen LogP contribution in [0.1, 0.15) is 22.3 Å². The number of para-hydroxylation sites is 1. The second kappa shape index (κ2) is 16.7. The fourth-order valence-corrected chi connectivity index (χ4v) is 11.1. The number of benzene rings is 11. The zero-order valence-corrected chi connectivity index (χ0v) is 38.0. The van der Waals surface area contributed by atoms with Gasteiger partial charge in [0.15, 0.2) is 0 Å². The van der Waals surface area contributed by atoms with Crippen molar-refractivity contribution in [3.63, 3.8) is 0 Å². The molecule has 11 aromatic carbocycles. The van der Waals surface area contributed by atoms with E-state index in [0.717, 1.165) is 28.3 Å². The van der Waals surface area contributed by atoms with Crippen molar-refractivity contribution in [3.05, 3.63) is 301 Å². The molecule has 1 aromatic heterocycles. The highest BCUT2D eigenvalue weighted by atomic mass is 15.1. The van der Waals surface area contributed by atoms with Gasteiger partial charge in [0, 0.05) is 33.5 Å². The molecule has 1 heterocycles. The predicted octanol–water partition coefficient (Wildman–Crippen LogP) is 17.6. The van der Waals surface area contributed by atoms with Gasteiger partial charge in [-0.3, -0.25) is 0 Å². The molecule has 0 amide bonds. The molecule has 0 atom stereocenters. The Morgan fingerprint density at radius 3 is 1.26 bits per heavy atom. The number of rotatable bonds is 9.